The van der Waals surface area contributed by atoms with Gasteiger partial charge in [0.1, 0.15) is 29.8 Å². The van der Waals surface area contributed by atoms with Gasteiger partial charge < -0.3 is 35.2 Å². The summed E-state index contributed by atoms with van der Waals surface area (Å²) in [6, 6.07) is 28.5. The maximum atomic E-state index is 15.6. The Hall–Kier alpha value is -7.97. The average Bonchev–Trinajstić information content (AvgIpc) is 4.33. The molecule has 4 aromatic carbocycles. The van der Waals surface area contributed by atoms with Crippen LogP contribution in [0.5, 0.6) is 0 Å². The fourth-order valence-corrected chi connectivity index (χ4v) is 11.1. The lowest BCUT2D eigenvalue weighted by Gasteiger charge is -2.35. The summed E-state index contributed by atoms with van der Waals surface area (Å²) in [6.45, 7) is 10.3. The van der Waals surface area contributed by atoms with E-state index >= 15 is 4.39 Å². The molecule has 3 atom stereocenters. The highest BCUT2D eigenvalue weighted by molar-refractivity contribution is 7.81. The molecule has 16 nitrogen and oxygen atoms in total. The van der Waals surface area contributed by atoms with Crippen molar-refractivity contribution < 1.29 is 51.4 Å². The largest absolute Gasteiger partial charge is 0.420 e. The van der Waals surface area contributed by atoms with Crippen molar-refractivity contribution in [3.63, 3.8) is 0 Å². The Morgan fingerprint density at radius 1 is 0.951 bits per heavy atom. The van der Waals surface area contributed by atoms with Gasteiger partial charge in [0.05, 0.1) is 63.6 Å². The number of benzene rings is 4. The predicted octanol–water partition coefficient (Wildman–Crippen LogP) is 9.27. The third-order valence-electron chi connectivity index (χ3n) is 14.0. The Bertz CT molecular complexity index is 3370. The van der Waals surface area contributed by atoms with Crippen LogP contribution in [0.4, 0.5) is 34.6 Å². The van der Waals surface area contributed by atoms with Gasteiger partial charge in [0.15, 0.2) is 10.9 Å². The molecule has 422 valence electrons. The number of nitrogens with one attached hydrogen (secondary N) is 2. The van der Waals surface area contributed by atoms with Crippen molar-refractivity contribution in [2.75, 3.05) is 34.5 Å². The van der Waals surface area contributed by atoms with E-state index < -0.39 is 88.2 Å². The van der Waals surface area contributed by atoms with E-state index in [1.807, 2.05) is 61.5 Å². The predicted molar refractivity (Wildman–Crippen MR) is 302 cm³/mol. The molecule has 2 aliphatic rings. The van der Waals surface area contributed by atoms with Gasteiger partial charge in [-0.05, 0) is 97.9 Å². The first-order valence-corrected chi connectivity index (χ1v) is 27.2. The van der Waals surface area contributed by atoms with E-state index in [2.05, 4.69) is 20.6 Å². The second-order valence-electron chi connectivity index (χ2n) is 21.3. The smallest absolute Gasteiger partial charge is 0.391 e. The lowest BCUT2D eigenvalue weighted by molar-refractivity contribution is -0.144. The van der Waals surface area contributed by atoms with Crippen LogP contribution in [0.3, 0.4) is 0 Å². The van der Waals surface area contributed by atoms with Gasteiger partial charge in [0.25, 0.3) is 5.91 Å². The quantitative estimate of drug-likeness (QED) is 0.0419. The number of halogens is 4. The lowest BCUT2D eigenvalue weighted by Crippen LogP contribution is -2.58. The highest BCUT2D eigenvalue weighted by Crippen LogP contribution is 2.42. The molecule has 0 bridgehead atoms. The Kier molecular flexibility index (Phi) is 17.8. The van der Waals surface area contributed by atoms with Gasteiger partial charge in [-0.15, -0.1) is 11.3 Å². The number of hydrogen-bond acceptors (Lipinski definition) is 12. The number of β-amino-alcohol motifs (C(OH)–C–C–N with tert-alkyl or cyclic N) is 1. The summed E-state index contributed by atoms with van der Waals surface area (Å²) in [6.07, 6.45) is -4.39. The Morgan fingerprint density at radius 3 is 2.26 bits per heavy atom. The fraction of sp³-hybridized carbons (Fsp3) is 0.339. The molecule has 2 aliphatic heterocycles. The first-order valence-electron chi connectivity index (χ1n) is 25.9. The number of carbonyl (C=O) groups is 5. The number of amides is 5. The van der Waals surface area contributed by atoms with Crippen LogP contribution in [0, 0.1) is 29.5 Å². The molecule has 5 amide bonds. The Balaban J connectivity index is 0.861. The highest BCUT2D eigenvalue weighted by atomic mass is 32.1. The number of alkyl halides is 3. The Labute approximate surface area is 475 Å². The second-order valence-corrected chi connectivity index (χ2v) is 22.5. The number of aromatic nitrogens is 2. The minimum atomic E-state index is -5.22. The van der Waals surface area contributed by atoms with Gasteiger partial charge >= 0.3 is 6.18 Å². The summed E-state index contributed by atoms with van der Waals surface area (Å²) in [5.41, 5.74) is 1.71. The number of rotatable bonds is 18. The summed E-state index contributed by atoms with van der Waals surface area (Å²) in [7, 11) is 0. The molecule has 2 fully saturated rings. The zero-order valence-corrected chi connectivity index (χ0v) is 46.8. The van der Waals surface area contributed by atoms with E-state index in [-0.39, 0.29) is 56.5 Å². The monoisotopic (exact) mass is 1150 g/mol. The van der Waals surface area contributed by atoms with Crippen LogP contribution in [0.25, 0.3) is 21.7 Å². The van der Waals surface area contributed by atoms with Gasteiger partial charge in [-0.3, -0.25) is 33.9 Å². The summed E-state index contributed by atoms with van der Waals surface area (Å²) in [5, 5.41) is 25.3. The van der Waals surface area contributed by atoms with Crippen LogP contribution >= 0.6 is 23.6 Å². The zero-order chi connectivity index (χ0) is 58.6. The molecular weight excluding hydrogens is 1090 g/mol. The van der Waals surface area contributed by atoms with Gasteiger partial charge in [-0.2, -0.15) is 18.4 Å². The average molecular weight is 1150 g/mol. The van der Waals surface area contributed by atoms with Gasteiger partial charge in [-0.25, -0.2) is 9.37 Å². The number of aliphatic hydroxyl groups is 1. The standard InChI is InChI=1S/C59H59F4N9O7S2/c1-35-51(81-34-67-35)39-16-14-36(15-17-39)29-66-53(76)46-27-43(73)32-70(46)54(77)52(57(2,3)4)68-47(74)33-79-26-10-13-48(75)69(31-37-11-8-7-9-12-37)41-21-18-38(19-22-41)44-24-23-42(30-65-44)72-56(80)71(55(78)58(72,5)6)45-25-20-40(28-64)49(50(45)60)59(61,62)63/h7-9,11-12,14-25,30,34,43,46,52,73H,10,13,26-27,29,31-33H2,1-6H3,(H,66,76)(H,68,74)/t43-,46+,52-/m1/s1. The first kappa shape index (κ1) is 59.2. The maximum absolute atomic E-state index is 15.6. The summed E-state index contributed by atoms with van der Waals surface area (Å²) in [5.74, 6) is -4.34. The number of aryl methyl sites for hydroxylation is 1. The minimum Gasteiger partial charge on any atom is -0.391 e. The molecule has 81 heavy (non-hydrogen) atoms. The third-order valence-corrected chi connectivity index (χ3v) is 15.4. The number of hydrogen-bond donors (Lipinski definition) is 3. The molecule has 3 N–H and O–H groups in total. The van der Waals surface area contributed by atoms with Crippen molar-refractivity contribution >= 4 is 75.3 Å². The van der Waals surface area contributed by atoms with Gasteiger partial charge in [0.2, 0.25) is 23.6 Å². The van der Waals surface area contributed by atoms with Gasteiger partial charge in [0, 0.05) is 43.8 Å². The maximum Gasteiger partial charge on any atom is 0.420 e. The molecule has 0 saturated carbocycles. The molecule has 8 rings (SSSR count). The zero-order valence-electron chi connectivity index (χ0n) is 45.2. The number of nitriles is 1. The number of aliphatic hydroxyl groups excluding tert-OH is 1. The van der Waals surface area contributed by atoms with Crippen LogP contribution in [-0.4, -0.2) is 98.1 Å². The van der Waals surface area contributed by atoms with Crippen LogP contribution in [0.1, 0.15) is 81.8 Å². The number of likely N-dealkylation sites (tertiary alicyclic amines) is 1. The van der Waals surface area contributed by atoms with Crippen LogP contribution in [0.15, 0.2) is 115 Å². The van der Waals surface area contributed by atoms with Crippen molar-refractivity contribution in [3.05, 3.63) is 149 Å². The number of thiazole rings is 1. The van der Waals surface area contributed by atoms with Crippen molar-refractivity contribution in [2.24, 2.45) is 5.41 Å². The lowest BCUT2D eigenvalue weighted by atomic mass is 9.85. The first-order chi connectivity index (χ1) is 38.4. The number of nitrogens with zero attached hydrogens (tertiary/aromatic N) is 7. The molecule has 22 heteroatoms. The normalized spacial score (nSPS) is 16.5. The number of pyridine rings is 1. The fourth-order valence-electron chi connectivity index (χ4n) is 9.75. The van der Waals surface area contributed by atoms with Crippen molar-refractivity contribution in [1.82, 2.24) is 25.5 Å². The van der Waals surface area contributed by atoms with Crippen LogP contribution in [0.2, 0.25) is 0 Å². The van der Waals surface area contributed by atoms with Crippen molar-refractivity contribution in [1.29, 1.82) is 5.26 Å². The number of thiocarbonyl (C=S) groups is 1. The van der Waals surface area contributed by atoms with E-state index in [9.17, 15) is 47.5 Å². The van der Waals surface area contributed by atoms with E-state index in [1.54, 1.807) is 78.9 Å². The van der Waals surface area contributed by atoms with Crippen molar-refractivity contribution in [3.8, 4) is 27.8 Å². The van der Waals surface area contributed by atoms with Crippen LogP contribution < -0.4 is 25.3 Å². The second kappa shape index (κ2) is 24.4. The van der Waals surface area contributed by atoms with E-state index in [0.717, 1.165) is 39.4 Å². The summed E-state index contributed by atoms with van der Waals surface area (Å²) in [4.78, 5) is 83.8. The number of carbonyl (C=O) groups excluding carboxylic acids is 5. The molecule has 0 spiro atoms. The molecule has 0 unspecified atom stereocenters. The molecule has 2 aromatic heterocycles. The highest BCUT2D eigenvalue weighted by Gasteiger charge is 2.52. The summed E-state index contributed by atoms with van der Waals surface area (Å²) >= 11 is 7.13. The topological polar surface area (TPSA) is 201 Å². The van der Waals surface area contributed by atoms with Crippen molar-refractivity contribution in [2.45, 2.75) is 104 Å². The number of ether oxygens (including phenoxy) is 1. The van der Waals surface area contributed by atoms with E-state index in [1.165, 1.54) is 35.9 Å². The number of anilines is 3. The Morgan fingerprint density at radius 2 is 1.64 bits per heavy atom. The van der Waals surface area contributed by atoms with E-state index in [4.69, 9.17) is 17.0 Å². The molecule has 0 radical (unpaired) electrons. The molecule has 4 heterocycles. The van der Waals surface area contributed by atoms with Gasteiger partial charge in [-0.1, -0.05) is 87.5 Å². The van der Waals surface area contributed by atoms with E-state index in [0.29, 0.717) is 27.5 Å². The molecular formula is C59H59F4N9O7S2. The molecule has 0 aliphatic carbocycles. The SMILES string of the molecule is Cc1ncsc1-c1ccc(CNC(=O)[C@@H]2C[C@@H](O)CN2C(=O)[C@@H](NC(=O)COCCCC(=O)N(Cc2ccccc2)c2ccc(-c3ccc(N4C(=S)N(c5ccc(C#N)c(C(F)(F)F)c5F)C(=O)C4(C)C)cn3)cc2)C(C)(C)C)cc1. The minimum absolute atomic E-state index is 0.0383. The summed E-state index contributed by atoms with van der Waals surface area (Å²) < 4.78 is 63.0. The van der Waals surface area contributed by atoms with Crippen LogP contribution in [-0.2, 0) is 48.0 Å². The third kappa shape index (κ3) is 13.1. The molecule has 6 aromatic rings. The molecule has 2 saturated heterocycles.